The van der Waals surface area contributed by atoms with Gasteiger partial charge in [-0.3, -0.25) is 19.7 Å². The van der Waals surface area contributed by atoms with Gasteiger partial charge in [0.25, 0.3) is 11.2 Å². The zero-order valence-electron chi connectivity index (χ0n) is 12.2. The number of aromatic amines is 1. The molecule has 0 aliphatic heterocycles. The number of aryl methyl sites for hydroxylation is 1. The van der Waals surface area contributed by atoms with Gasteiger partial charge < -0.3 is 10.7 Å². The van der Waals surface area contributed by atoms with Crippen molar-refractivity contribution in [2.24, 2.45) is 0 Å². The summed E-state index contributed by atoms with van der Waals surface area (Å²) in [5, 5.41) is 10.8. The fourth-order valence-electron chi connectivity index (χ4n) is 2.38. The molecule has 0 unspecified atom stereocenters. The lowest BCUT2D eigenvalue weighted by atomic mass is 9.95. The van der Waals surface area contributed by atoms with E-state index in [4.69, 9.17) is 5.73 Å². The van der Waals surface area contributed by atoms with Crippen molar-refractivity contribution in [3.63, 3.8) is 0 Å². The molecule has 114 valence electrons. The molecule has 0 fully saturated rings. The number of hydrogen-bond donors (Lipinski definition) is 2. The molecule has 1 aromatic heterocycles. The van der Waals surface area contributed by atoms with Gasteiger partial charge in [-0.25, -0.2) is 0 Å². The molecule has 2 rings (SSSR count). The van der Waals surface area contributed by atoms with Gasteiger partial charge in [0.15, 0.2) is 5.78 Å². The predicted molar refractivity (Wildman–Crippen MR) is 82.1 cm³/mol. The van der Waals surface area contributed by atoms with E-state index in [0.717, 1.165) is 0 Å². The third-order valence-corrected chi connectivity index (χ3v) is 3.47. The first-order valence-electron chi connectivity index (χ1n) is 6.67. The number of nitrogens with two attached hydrogens (primary N) is 1. The summed E-state index contributed by atoms with van der Waals surface area (Å²) in [4.78, 5) is 37.3. The average molecular weight is 301 g/mol. The van der Waals surface area contributed by atoms with E-state index in [1.807, 2.05) is 6.92 Å². The van der Waals surface area contributed by atoms with Crippen LogP contribution in [0.3, 0.4) is 0 Å². The third-order valence-electron chi connectivity index (χ3n) is 3.47. The Bertz CT molecular complexity index is 824. The number of nitro benzene ring substituents is 1. The number of benzene rings is 1. The van der Waals surface area contributed by atoms with Crippen LogP contribution in [0.2, 0.25) is 0 Å². The van der Waals surface area contributed by atoms with Gasteiger partial charge in [0.1, 0.15) is 5.69 Å². The first-order chi connectivity index (χ1) is 10.4. The van der Waals surface area contributed by atoms with Crippen LogP contribution in [0.25, 0.3) is 0 Å². The quantitative estimate of drug-likeness (QED) is 0.508. The number of nitro groups is 1. The molecule has 0 aliphatic rings. The van der Waals surface area contributed by atoms with E-state index in [-0.39, 0.29) is 22.5 Å². The van der Waals surface area contributed by atoms with Gasteiger partial charge in [-0.05, 0) is 18.9 Å². The molecule has 2 aromatic rings. The summed E-state index contributed by atoms with van der Waals surface area (Å²) >= 11 is 0. The van der Waals surface area contributed by atoms with Gasteiger partial charge in [-0.1, -0.05) is 19.1 Å². The summed E-state index contributed by atoms with van der Waals surface area (Å²) in [6.07, 6.45) is 0.503. The summed E-state index contributed by atoms with van der Waals surface area (Å²) in [7, 11) is 0. The lowest BCUT2D eigenvalue weighted by Crippen LogP contribution is -2.22. The molecule has 0 saturated carbocycles. The van der Waals surface area contributed by atoms with Crippen molar-refractivity contribution in [2.45, 2.75) is 20.3 Å². The summed E-state index contributed by atoms with van der Waals surface area (Å²) in [6, 6.07) is 5.36. The van der Waals surface area contributed by atoms with E-state index in [2.05, 4.69) is 4.98 Å². The number of rotatable bonds is 4. The number of nitrogens with one attached hydrogen (secondary N) is 1. The van der Waals surface area contributed by atoms with Crippen LogP contribution in [0.5, 0.6) is 0 Å². The smallest absolute Gasteiger partial charge is 0.272 e. The Morgan fingerprint density at radius 1 is 1.41 bits per heavy atom. The molecule has 0 atom stereocenters. The SMILES string of the molecule is CCc1c(C)[nH]c(=O)c(N)c1C(=O)c1cccc([N+](=O)[O-])c1. The van der Waals surface area contributed by atoms with E-state index in [0.29, 0.717) is 17.7 Å². The Morgan fingerprint density at radius 3 is 2.68 bits per heavy atom. The Morgan fingerprint density at radius 2 is 2.09 bits per heavy atom. The monoisotopic (exact) mass is 301 g/mol. The molecule has 0 radical (unpaired) electrons. The standard InChI is InChI=1S/C15H15N3O4/c1-3-11-8(2)17-15(20)13(16)12(11)14(19)9-5-4-6-10(7-9)18(21)22/h4-7H,3,16H2,1-2H3,(H,17,20). The molecule has 0 saturated heterocycles. The molecule has 3 N–H and O–H groups in total. The van der Waals surface area contributed by atoms with Crippen molar-refractivity contribution < 1.29 is 9.72 Å². The zero-order valence-corrected chi connectivity index (χ0v) is 12.2. The van der Waals surface area contributed by atoms with Crippen LogP contribution in [-0.4, -0.2) is 15.7 Å². The zero-order chi connectivity index (χ0) is 16.4. The molecule has 1 aromatic carbocycles. The maximum Gasteiger partial charge on any atom is 0.272 e. The second-order valence-electron chi connectivity index (χ2n) is 4.84. The van der Waals surface area contributed by atoms with Gasteiger partial charge in [0.05, 0.1) is 10.5 Å². The number of carbonyl (C=O) groups is 1. The summed E-state index contributed by atoms with van der Waals surface area (Å²) < 4.78 is 0. The van der Waals surface area contributed by atoms with Crippen molar-refractivity contribution in [1.82, 2.24) is 4.98 Å². The number of hydrogen-bond acceptors (Lipinski definition) is 5. The summed E-state index contributed by atoms with van der Waals surface area (Å²) in [5.74, 6) is -0.493. The van der Waals surface area contributed by atoms with Crippen LogP contribution in [0.15, 0.2) is 29.1 Å². The maximum atomic E-state index is 12.7. The van der Waals surface area contributed by atoms with Crippen molar-refractivity contribution in [2.75, 3.05) is 5.73 Å². The molecule has 7 heteroatoms. The number of carbonyl (C=O) groups excluding carboxylic acids is 1. The van der Waals surface area contributed by atoms with Crippen LogP contribution in [-0.2, 0) is 6.42 Å². The van der Waals surface area contributed by atoms with Gasteiger partial charge in [-0.2, -0.15) is 0 Å². The lowest BCUT2D eigenvalue weighted by Gasteiger charge is -2.12. The summed E-state index contributed by atoms with van der Waals surface area (Å²) in [5.41, 5.74) is 6.31. The van der Waals surface area contributed by atoms with Gasteiger partial charge in [-0.15, -0.1) is 0 Å². The Labute approximate surface area is 125 Å². The van der Waals surface area contributed by atoms with E-state index in [1.54, 1.807) is 6.92 Å². The Balaban J connectivity index is 2.66. The number of H-pyrrole nitrogens is 1. The fraction of sp³-hybridized carbons (Fsp3) is 0.200. The predicted octanol–water partition coefficient (Wildman–Crippen LogP) is 1.97. The highest BCUT2D eigenvalue weighted by Crippen LogP contribution is 2.23. The van der Waals surface area contributed by atoms with E-state index in [9.17, 15) is 19.7 Å². The molecular weight excluding hydrogens is 286 g/mol. The molecule has 1 heterocycles. The number of pyridine rings is 1. The Hall–Kier alpha value is -2.96. The van der Waals surface area contributed by atoms with Gasteiger partial charge >= 0.3 is 0 Å². The van der Waals surface area contributed by atoms with Crippen molar-refractivity contribution in [3.8, 4) is 0 Å². The van der Waals surface area contributed by atoms with Crippen LogP contribution >= 0.6 is 0 Å². The van der Waals surface area contributed by atoms with Crippen molar-refractivity contribution >= 4 is 17.2 Å². The lowest BCUT2D eigenvalue weighted by molar-refractivity contribution is -0.384. The molecule has 0 aliphatic carbocycles. The molecule has 7 nitrogen and oxygen atoms in total. The van der Waals surface area contributed by atoms with Crippen LogP contribution in [0, 0.1) is 17.0 Å². The fourth-order valence-corrected chi connectivity index (χ4v) is 2.38. The number of non-ortho nitro benzene ring substituents is 1. The number of anilines is 1. The molecule has 0 bridgehead atoms. The number of aromatic nitrogens is 1. The van der Waals surface area contributed by atoms with E-state index in [1.165, 1.54) is 24.3 Å². The highest BCUT2D eigenvalue weighted by Gasteiger charge is 2.21. The first-order valence-corrected chi connectivity index (χ1v) is 6.67. The van der Waals surface area contributed by atoms with Crippen LogP contribution in [0.4, 0.5) is 11.4 Å². The first kappa shape index (κ1) is 15.4. The van der Waals surface area contributed by atoms with E-state index >= 15 is 0 Å². The maximum absolute atomic E-state index is 12.7. The van der Waals surface area contributed by atoms with Crippen molar-refractivity contribution in [1.29, 1.82) is 0 Å². The number of ketones is 1. The highest BCUT2D eigenvalue weighted by molar-refractivity contribution is 6.13. The molecule has 0 spiro atoms. The average Bonchev–Trinajstić information content (AvgIpc) is 2.50. The minimum Gasteiger partial charge on any atom is -0.394 e. The largest absolute Gasteiger partial charge is 0.394 e. The molecule has 22 heavy (non-hydrogen) atoms. The number of nitrogen functional groups attached to an aromatic ring is 1. The summed E-state index contributed by atoms with van der Waals surface area (Å²) in [6.45, 7) is 3.52. The highest BCUT2D eigenvalue weighted by atomic mass is 16.6. The normalized spacial score (nSPS) is 10.5. The number of nitrogens with zero attached hydrogens (tertiary/aromatic N) is 1. The van der Waals surface area contributed by atoms with Crippen LogP contribution < -0.4 is 11.3 Å². The minimum atomic E-state index is -0.579. The molecular formula is C15H15N3O4. The second kappa shape index (κ2) is 5.80. The minimum absolute atomic E-state index is 0.115. The van der Waals surface area contributed by atoms with E-state index < -0.39 is 16.3 Å². The Kier molecular flexibility index (Phi) is 4.07. The molecule has 0 amide bonds. The van der Waals surface area contributed by atoms with Gasteiger partial charge in [0.2, 0.25) is 0 Å². The van der Waals surface area contributed by atoms with Crippen LogP contribution in [0.1, 0.15) is 34.1 Å². The second-order valence-corrected chi connectivity index (χ2v) is 4.84. The third kappa shape index (κ3) is 2.60. The van der Waals surface area contributed by atoms with Crippen molar-refractivity contribution in [3.05, 3.63) is 67.1 Å². The topological polar surface area (TPSA) is 119 Å². The van der Waals surface area contributed by atoms with Gasteiger partial charge in [0, 0.05) is 23.4 Å².